The molecule has 3 heterocycles. The number of sulfone groups is 1. The highest BCUT2D eigenvalue weighted by Gasteiger charge is 2.39. The zero-order valence-electron chi connectivity index (χ0n) is 13.2. The van der Waals surface area contributed by atoms with E-state index in [2.05, 4.69) is 24.6 Å². The van der Waals surface area contributed by atoms with Crippen LogP contribution >= 0.6 is 0 Å². The summed E-state index contributed by atoms with van der Waals surface area (Å²) in [6.45, 7) is 0. The Morgan fingerprint density at radius 1 is 1.21 bits per heavy atom. The number of fused-ring (bicyclic) bond motifs is 3. The van der Waals surface area contributed by atoms with Crippen LogP contribution in [-0.4, -0.2) is 44.0 Å². The molecule has 0 unspecified atom stereocenters. The van der Waals surface area contributed by atoms with Crippen molar-refractivity contribution >= 4 is 26.6 Å². The third-order valence-corrected chi connectivity index (χ3v) is 7.80. The molecule has 0 radical (unpaired) electrons. The first-order valence-corrected chi connectivity index (χ1v) is 10.2. The second-order valence-electron chi connectivity index (χ2n) is 7.13. The lowest BCUT2D eigenvalue weighted by molar-refractivity contribution is 0.549. The Morgan fingerprint density at radius 3 is 2.92 bits per heavy atom. The highest BCUT2D eigenvalue weighted by molar-refractivity contribution is 7.92. The van der Waals surface area contributed by atoms with Crippen LogP contribution in [0.1, 0.15) is 43.8 Å². The van der Waals surface area contributed by atoms with Crippen LogP contribution in [0.5, 0.6) is 0 Å². The predicted molar refractivity (Wildman–Crippen MR) is 89.5 cm³/mol. The minimum Gasteiger partial charge on any atom is -0.345 e. The van der Waals surface area contributed by atoms with E-state index in [0.29, 0.717) is 5.75 Å². The van der Waals surface area contributed by atoms with E-state index in [-0.39, 0.29) is 17.1 Å². The summed E-state index contributed by atoms with van der Waals surface area (Å²) in [6.07, 6.45) is 8.09. The highest BCUT2D eigenvalue weighted by Crippen LogP contribution is 2.40. The number of hydrogen-bond acceptors (Lipinski definition) is 5. The lowest BCUT2D eigenvalue weighted by Crippen LogP contribution is -2.18. The highest BCUT2D eigenvalue weighted by atomic mass is 32.2. The zero-order valence-corrected chi connectivity index (χ0v) is 14.0. The van der Waals surface area contributed by atoms with Crippen molar-refractivity contribution in [3.05, 3.63) is 24.3 Å². The molecule has 1 N–H and O–H groups in total. The predicted octanol–water partition coefficient (Wildman–Crippen LogP) is 2.07. The quantitative estimate of drug-likeness (QED) is 0.781. The number of H-pyrrole nitrogens is 1. The third-order valence-electron chi connectivity index (χ3n) is 5.37. The van der Waals surface area contributed by atoms with Crippen LogP contribution in [-0.2, 0) is 9.84 Å². The molecule has 0 aromatic carbocycles. The summed E-state index contributed by atoms with van der Waals surface area (Å²) >= 11 is 0. The molecule has 2 fully saturated rings. The summed E-state index contributed by atoms with van der Waals surface area (Å²) in [7, 11) is -2.89. The van der Waals surface area contributed by atoms with Crippen molar-refractivity contribution in [3.8, 4) is 0 Å². The molecule has 7 nitrogen and oxygen atoms in total. The van der Waals surface area contributed by atoms with Gasteiger partial charge in [-0.05, 0) is 44.1 Å². The van der Waals surface area contributed by atoms with Gasteiger partial charge in [0, 0.05) is 12.1 Å². The van der Waals surface area contributed by atoms with Crippen molar-refractivity contribution in [1.82, 2.24) is 24.6 Å². The van der Waals surface area contributed by atoms with Crippen LogP contribution in [0.4, 0.5) is 0 Å². The summed E-state index contributed by atoms with van der Waals surface area (Å²) in [4.78, 5) is 7.45. The Labute approximate surface area is 139 Å². The van der Waals surface area contributed by atoms with E-state index in [1.807, 2.05) is 12.3 Å². The Morgan fingerprint density at radius 2 is 2.08 bits per heavy atom. The smallest absolute Gasteiger partial charge is 0.179 e. The molecular weight excluding hydrogens is 326 g/mol. The molecule has 126 valence electrons. The van der Waals surface area contributed by atoms with Crippen LogP contribution in [0.25, 0.3) is 16.8 Å². The topological polar surface area (TPSA) is 93.0 Å². The molecule has 3 aromatic heterocycles. The number of nitrogens with one attached hydrogen (secondary N) is 1. The molecule has 0 spiro atoms. The summed E-state index contributed by atoms with van der Waals surface area (Å²) in [5, 5.41) is 8.58. The largest absolute Gasteiger partial charge is 0.345 e. The molecule has 2 aliphatic rings. The van der Waals surface area contributed by atoms with Crippen LogP contribution in [0.15, 0.2) is 18.5 Å². The monoisotopic (exact) mass is 345 g/mol. The molecule has 0 bridgehead atoms. The normalized spacial score (nSPS) is 25.0. The molecular formula is C16H19N5O2S. The molecule has 5 rings (SSSR count). The van der Waals surface area contributed by atoms with E-state index in [4.69, 9.17) is 0 Å². The summed E-state index contributed by atoms with van der Waals surface area (Å²) in [5.41, 5.74) is 2.53. The van der Waals surface area contributed by atoms with Crippen LogP contribution < -0.4 is 0 Å². The maximum absolute atomic E-state index is 12.2. The van der Waals surface area contributed by atoms with E-state index in [9.17, 15) is 8.42 Å². The molecule has 2 atom stereocenters. The summed E-state index contributed by atoms with van der Waals surface area (Å²) in [6, 6.07) is 1.98. The fraction of sp³-hybridized carbons (Fsp3) is 0.562. The minimum absolute atomic E-state index is 0.0592. The van der Waals surface area contributed by atoms with Gasteiger partial charge in [-0.3, -0.25) is 4.40 Å². The molecule has 2 aliphatic carbocycles. The Bertz CT molecular complexity index is 1020. The molecule has 0 saturated heterocycles. The molecule has 24 heavy (non-hydrogen) atoms. The molecule has 0 aliphatic heterocycles. The lowest BCUT2D eigenvalue weighted by Gasteiger charge is -2.11. The van der Waals surface area contributed by atoms with Crippen molar-refractivity contribution in [3.63, 3.8) is 0 Å². The summed E-state index contributed by atoms with van der Waals surface area (Å²) in [5.74, 6) is 1.78. The van der Waals surface area contributed by atoms with Gasteiger partial charge in [-0.25, -0.2) is 13.4 Å². The average Bonchev–Trinajstić information content (AvgIpc) is 2.96. The van der Waals surface area contributed by atoms with Gasteiger partial charge in [0.15, 0.2) is 21.1 Å². The molecule has 8 heteroatoms. The van der Waals surface area contributed by atoms with E-state index >= 15 is 0 Å². The first-order chi connectivity index (χ1) is 11.6. The van der Waals surface area contributed by atoms with E-state index in [0.717, 1.165) is 54.7 Å². The number of hydrogen-bond donors (Lipinski definition) is 1. The van der Waals surface area contributed by atoms with Crippen molar-refractivity contribution < 1.29 is 8.42 Å². The van der Waals surface area contributed by atoms with Crippen molar-refractivity contribution in [1.29, 1.82) is 0 Å². The van der Waals surface area contributed by atoms with Crippen molar-refractivity contribution in [2.75, 3.05) is 5.75 Å². The van der Waals surface area contributed by atoms with Crippen molar-refractivity contribution in [2.24, 2.45) is 5.92 Å². The first kappa shape index (κ1) is 14.4. The van der Waals surface area contributed by atoms with Gasteiger partial charge in [-0.2, -0.15) is 0 Å². The van der Waals surface area contributed by atoms with Gasteiger partial charge in [-0.15, -0.1) is 10.2 Å². The third kappa shape index (κ3) is 2.23. The number of aromatic nitrogens is 5. The van der Waals surface area contributed by atoms with E-state index < -0.39 is 9.84 Å². The van der Waals surface area contributed by atoms with E-state index in [1.165, 1.54) is 0 Å². The Kier molecular flexibility index (Phi) is 3.01. The lowest BCUT2D eigenvalue weighted by atomic mass is 10.1. The maximum Gasteiger partial charge on any atom is 0.179 e. The zero-order chi connectivity index (χ0) is 16.3. The minimum atomic E-state index is -2.89. The van der Waals surface area contributed by atoms with Crippen molar-refractivity contribution in [2.45, 2.75) is 43.3 Å². The van der Waals surface area contributed by atoms with Gasteiger partial charge in [0.05, 0.1) is 22.7 Å². The number of rotatable bonds is 4. The first-order valence-electron chi connectivity index (χ1n) is 8.50. The maximum atomic E-state index is 12.2. The fourth-order valence-corrected chi connectivity index (χ4v) is 6.10. The van der Waals surface area contributed by atoms with Crippen LogP contribution in [0.3, 0.4) is 0 Å². The Balaban J connectivity index is 1.45. The van der Waals surface area contributed by atoms with Gasteiger partial charge < -0.3 is 4.98 Å². The van der Waals surface area contributed by atoms with Crippen LogP contribution in [0.2, 0.25) is 0 Å². The molecule has 0 amide bonds. The molecule has 2 saturated carbocycles. The van der Waals surface area contributed by atoms with Gasteiger partial charge in [-0.1, -0.05) is 0 Å². The number of nitrogens with zero attached hydrogens (tertiary/aromatic N) is 4. The van der Waals surface area contributed by atoms with Crippen LogP contribution in [0, 0.1) is 5.92 Å². The van der Waals surface area contributed by atoms with Gasteiger partial charge in [0.2, 0.25) is 0 Å². The fourth-order valence-electron chi connectivity index (χ4n) is 4.02. The summed E-state index contributed by atoms with van der Waals surface area (Å²) < 4.78 is 26.6. The second-order valence-corrected chi connectivity index (χ2v) is 9.45. The van der Waals surface area contributed by atoms with Gasteiger partial charge in [0.1, 0.15) is 5.82 Å². The SMILES string of the molecule is O=S(=O)(C[C@H]1CC[C@@H](c2nnc3cnc4[nH]ccc4n23)C1)C1CC1. The Hall–Kier alpha value is -1.96. The van der Waals surface area contributed by atoms with Gasteiger partial charge in [0.25, 0.3) is 0 Å². The standard InChI is InChI=1S/C16H19N5O2S/c22-24(23,12-3-4-12)9-10-1-2-11(7-10)16-20-19-14-8-18-15-13(21(14)16)5-6-17-15/h5-6,8,10-12,17H,1-4,7,9H2/t10-,11+/m0/s1. The number of aromatic amines is 1. The average molecular weight is 345 g/mol. The van der Waals surface area contributed by atoms with Gasteiger partial charge >= 0.3 is 0 Å². The van der Waals surface area contributed by atoms with E-state index in [1.54, 1.807) is 6.20 Å². The second kappa shape index (κ2) is 5.02. The molecule has 3 aromatic rings.